The quantitative estimate of drug-likeness (QED) is 0.142. The molecular weight excluding hydrogens is 817 g/mol. The van der Waals surface area contributed by atoms with E-state index in [1.54, 1.807) is 0 Å². The van der Waals surface area contributed by atoms with Crippen molar-refractivity contribution < 1.29 is 0 Å². The highest BCUT2D eigenvalue weighted by Crippen LogP contribution is 2.13. The van der Waals surface area contributed by atoms with Gasteiger partial charge >= 0.3 is 0 Å². The molecule has 0 N–H and O–H groups in total. The minimum absolute atomic E-state index is 1.25. The summed E-state index contributed by atoms with van der Waals surface area (Å²) >= 11 is 0. The van der Waals surface area contributed by atoms with E-state index in [0.717, 1.165) is 0 Å². The van der Waals surface area contributed by atoms with Gasteiger partial charge in [-0.2, -0.15) is 0 Å². The SMILES string of the molecule is CC.CC.CC.CC.CCC.CCC.CCC.CCC.CCC.CCC.CCC.CCC.c1ccc2ccccc2c1.c1ccc2ccccc2c1.c1ccc2ccccc2c1.c1ccccc1. The fourth-order valence-corrected chi connectivity index (χ4v) is 3.78. The zero-order valence-corrected chi connectivity index (χ0v) is 50.0. The first kappa shape index (κ1) is 83.3. The summed E-state index contributed by atoms with van der Waals surface area (Å²) in [6.07, 6.45) is 10.0. The highest BCUT2D eigenvalue weighted by Gasteiger charge is 1.87. The first-order valence-corrected chi connectivity index (χ1v) is 27.5. The lowest BCUT2D eigenvalue weighted by molar-refractivity contribution is 1.09. The zero-order chi connectivity index (χ0) is 54.3. The average molecular weight is 936 g/mol. The van der Waals surface area contributed by atoms with E-state index in [1.165, 1.54) is 83.7 Å². The summed E-state index contributed by atoms with van der Waals surface area (Å²) in [4.78, 5) is 0. The summed E-state index contributed by atoms with van der Waals surface area (Å²) in [5, 5.41) is 7.86. The lowest BCUT2D eigenvalue weighted by atomic mass is 10.1. The van der Waals surface area contributed by atoms with Gasteiger partial charge in [0.2, 0.25) is 0 Å². The lowest BCUT2D eigenvalue weighted by Crippen LogP contribution is -1.67. The molecule has 0 unspecified atom stereocenters. The van der Waals surface area contributed by atoms with Gasteiger partial charge in [0.1, 0.15) is 0 Å². The van der Waals surface area contributed by atoms with Gasteiger partial charge in [-0.1, -0.05) is 400 Å². The van der Waals surface area contributed by atoms with Crippen molar-refractivity contribution in [3.63, 3.8) is 0 Å². The third-order valence-electron chi connectivity index (χ3n) is 5.64. The topological polar surface area (TPSA) is 0 Å². The Bertz CT molecular complexity index is 1300. The molecule has 68 heavy (non-hydrogen) atoms. The minimum atomic E-state index is 1.25. The summed E-state index contributed by atoms with van der Waals surface area (Å²) < 4.78 is 0. The van der Waals surface area contributed by atoms with Gasteiger partial charge in [-0.05, 0) is 32.3 Å². The van der Waals surface area contributed by atoms with E-state index in [0.29, 0.717) is 0 Å². The molecule has 7 rings (SSSR count). The molecule has 390 valence electrons. The van der Waals surface area contributed by atoms with Crippen molar-refractivity contribution in [2.45, 2.75) is 218 Å². The predicted molar refractivity (Wildman–Crippen MR) is 331 cm³/mol. The number of hydrogen-bond donors (Lipinski definition) is 0. The van der Waals surface area contributed by atoms with Crippen molar-refractivity contribution >= 4 is 32.3 Å². The van der Waals surface area contributed by atoms with Crippen LogP contribution in [-0.2, 0) is 0 Å². The summed E-state index contributed by atoms with van der Waals surface area (Å²) in [6, 6.07) is 62.1. The molecule has 0 amide bonds. The Labute approximate surface area is 429 Å². The molecule has 0 nitrogen and oxygen atoms in total. The van der Waals surface area contributed by atoms with Crippen molar-refractivity contribution in [1.82, 2.24) is 0 Å². The molecule has 0 aliphatic rings. The maximum absolute atomic E-state index is 2.12. The molecule has 0 spiro atoms. The van der Waals surface area contributed by atoms with Crippen molar-refractivity contribution in [3.05, 3.63) is 182 Å². The van der Waals surface area contributed by atoms with Gasteiger partial charge in [0.25, 0.3) is 0 Å². The van der Waals surface area contributed by atoms with Gasteiger partial charge in [-0.3, -0.25) is 0 Å². The van der Waals surface area contributed by atoms with Gasteiger partial charge in [0, 0.05) is 0 Å². The van der Waals surface area contributed by atoms with E-state index in [1.807, 2.05) is 91.8 Å². The van der Waals surface area contributed by atoms with Crippen molar-refractivity contribution in [2.75, 3.05) is 0 Å². The van der Waals surface area contributed by atoms with E-state index in [4.69, 9.17) is 0 Å². The van der Waals surface area contributed by atoms with Gasteiger partial charge in [-0.15, -0.1) is 0 Å². The highest BCUT2D eigenvalue weighted by molar-refractivity contribution is 5.83. The normalized spacial score (nSPS) is 7.59. The Morgan fingerprint density at radius 1 is 0.147 bits per heavy atom. The standard InChI is InChI=1S/3C10H8.C6H6.8C3H8.4C2H6/c3*1-2-6-10-8-4-3-7-9(10)5-1;1-2-4-6-5-3-1;8*1-3-2;4*1-2/h3*1-8H;1-6H;8*3H2,1-2H3;4*1-2H3. The van der Waals surface area contributed by atoms with Crippen LogP contribution in [0.4, 0.5) is 0 Å². The Balaban J connectivity index is -0.0000000820. The molecule has 0 radical (unpaired) electrons. The fraction of sp³-hybridized carbons (Fsp3) is 0.471. The molecule has 0 atom stereocenters. The van der Waals surface area contributed by atoms with E-state index < -0.39 is 0 Å². The van der Waals surface area contributed by atoms with Crippen molar-refractivity contribution in [3.8, 4) is 0 Å². The van der Waals surface area contributed by atoms with Gasteiger partial charge in [0.05, 0.1) is 0 Å². The molecule has 0 saturated heterocycles. The second-order valence-corrected chi connectivity index (χ2v) is 13.9. The van der Waals surface area contributed by atoms with E-state index in [9.17, 15) is 0 Å². The second-order valence-electron chi connectivity index (χ2n) is 13.9. The molecule has 0 fully saturated rings. The predicted octanol–water partition coefficient (Wildman–Crippen LogP) is 25.6. The van der Waals surface area contributed by atoms with Gasteiger partial charge in [0.15, 0.2) is 0 Å². The third kappa shape index (κ3) is 72.9. The van der Waals surface area contributed by atoms with Crippen molar-refractivity contribution in [2.24, 2.45) is 0 Å². The molecule has 7 aromatic carbocycles. The monoisotopic (exact) mass is 935 g/mol. The molecule has 7 aromatic rings. The molecule has 0 heterocycles. The molecule has 0 heteroatoms. The van der Waals surface area contributed by atoms with Crippen LogP contribution in [0, 0.1) is 0 Å². The van der Waals surface area contributed by atoms with Crippen LogP contribution < -0.4 is 0 Å². The summed E-state index contributed by atoms with van der Waals surface area (Å²) in [5.74, 6) is 0. The van der Waals surface area contributed by atoms with Crippen LogP contribution in [0.2, 0.25) is 0 Å². The Morgan fingerprint density at radius 3 is 0.265 bits per heavy atom. The zero-order valence-electron chi connectivity index (χ0n) is 50.0. The maximum atomic E-state index is 2.12. The average Bonchev–Trinajstić information content (AvgIpc) is 3.40. The van der Waals surface area contributed by atoms with Crippen LogP contribution in [0.3, 0.4) is 0 Å². The van der Waals surface area contributed by atoms with E-state index in [2.05, 4.69) is 256 Å². The first-order chi connectivity index (χ1) is 33.2. The largest absolute Gasteiger partial charge is 0.0683 e. The van der Waals surface area contributed by atoms with Crippen LogP contribution in [0.25, 0.3) is 32.3 Å². The molecule has 0 aromatic heterocycles. The first-order valence-electron chi connectivity index (χ1n) is 27.5. The minimum Gasteiger partial charge on any atom is -0.0683 e. The molecule has 0 aliphatic carbocycles. The number of rotatable bonds is 0. The van der Waals surface area contributed by atoms with Crippen LogP contribution in [-0.4, -0.2) is 0 Å². The third-order valence-corrected chi connectivity index (χ3v) is 5.64. The van der Waals surface area contributed by atoms with Crippen LogP contribution in [0.1, 0.15) is 218 Å². The highest BCUT2D eigenvalue weighted by atomic mass is 13.9. The molecular formula is C68H118. The van der Waals surface area contributed by atoms with Crippen LogP contribution in [0.15, 0.2) is 182 Å². The maximum Gasteiger partial charge on any atom is -0.0184 e. The summed E-state index contributed by atoms with van der Waals surface area (Å²) in [6.45, 7) is 50.0. The van der Waals surface area contributed by atoms with Gasteiger partial charge in [-0.25, -0.2) is 0 Å². The van der Waals surface area contributed by atoms with Crippen LogP contribution in [0.5, 0.6) is 0 Å². The Hall–Kier alpha value is -4.68. The lowest BCUT2D eigenvalue weighted by Gasteiger charge is -1.92. The second kappa shape index (κ2) is 89.0. The Morgan fingerprint density at radius 2 is 0.206 bits per heavy atom. The molecule has 0 bridgehead atoms. The fourth-order valence-electron chi connectivity index (χ4n) is 3.78. The number of hydrogen-bond acceptors (Lipinski definition) is 0. The number of fused-ring (bicyclic) bond motifs is 3. The van der Waals surface area contributed by atoms with Crippen LogP contribution >= 0.6 is 0 Å². The van der Waals surface area contributed by atoms with E-state index >= 15 is 0 Å². The molecule has 0 aliphatic heterocycles. The smallest absolute Gasteiger partial charge is 0.0184 e. The van der Waals surface area contributed by atoms with Gasteiger partial charge < -0.3 is 0 Å². The summed E-state index contributed by atoms with van der Waals surface area (Å²) in [7, 11) is 0. The van der Waals surface area contributed by atoms with Crippen molar-refractivity contribution in [1.29, 1.82) is 0 Å². The summed E-state index contributed by atoms with van der Waals surface area (Å²) in [5.41, 5.74) is 0. The Kier molecular flexibility index (Phi) is 109. The molecule has 0 saturated carbocycles. The van der Waals surface area contributed by atoms with E-state index in [-0.39, 0.29) is 0 Å². The number of benzene rings is 7.